The van der Waals surface area contributed by atoms with Crippen LogP contribution in [0.1, 0.15) is 17.2 Å². The molecule has 2 aromatic carbocycles. The topological polar surface area (TPSA) is 49.0 Å². The van der Waals surface area contributed by atoms with Gasteiger partial charge in [-0.2, -0.15) is 0 Å². The van der Waals surface area contributed by atoms with E-state index >= 15 is 0 Å². The van der Waals surface area contributed by atoms with E-state index in [9.17, 15) is 0 Å². The Morgan fingerprint density at radius 3 is 2.33 bits per heavy atom. The number of hydrogen-bond donors (Lipinski definition) is 1. The van der Waals surface area contributed by atoms with Crippen LogP contribution >= 0.6 is 0 Å². The highest BCUT2D eigenvalue weighted by molar-refractivity contribution is 5.50. The average molecular weight is 331 g/mol. The minimum atomic E-state index is -0.0799. The molecule has 2 aromatic rings. The lowest BCUT2D eigenvalue weighted by Crippen LogP contribution is -2.18. The fourth-order valence-corrected chi connectivity index (χ4v) is 2.42. The number of anilines is 1. The molecule has 1 N–H and O–H groups in total. The van der Waals surface area contributed by atoms with Gasteiger partial charge in [-0.05, 0) is 31.2 Å². The van der Waals surface area contributed by atoms with Crippen LogP contribution in [0.4, 0.5) is 5.69 Å². The van der Waals surface area contributed by atoms with E-state index in [2.05, 4.69) is 36.5 Å². The summed E-state index contributed by atoms with van der Waals surface area (Å²) in [6.07, 6.45) is 0. The number of benzene rings is 2. The van der Waals surface area contributed by atoms with E-state index in [1.54, 1.807) is 21.3 Å². The molecule has 0 aromatic heterocycles. The summed E-state index contributed by atoms with van der Waals surface area (Å²) in [4.78, 5) is 0. The van der Waals surface area contributed by atoms with Crippen LogP contribution < -0.4 is 14.8 Å². The summed E-state index contributed by atoms with van der Waals surface area (Å²) < 4.78 is 21.4. The normalized spacial score (nSPS) is 11.8. The van der Waals surface area contributed by atoms with Crippen molar-refractivity contribution in [2.24, 2.45) is 0 Å². The van der Waals surface area contributed by atoms with E-state index in [0.29, 0.717) is 6.61 Å². The third kappa shape index (κ3) is 4.88. The summed E-state index contributed by atoms with van der Waals surface area (Å²) in [6, 6.07) is 13.9. The molecule has 130 valence electrons. The van der Waals surface area contributed by atoms with Crippen molar-refractivity contribution < 1.29 is 18.9 Å². The Labute approximate surface area is 143 Å². The van der Waals surface area contributed by atoms with Crippen molar-refractivity contribution in [2.75, 3.05) is 40.0 Å². The molecule has 0 bridgehead atoms. The molecule has 2 rings (SSSR count). The number of ether oxygens (including phenoxy) is 4. The van der Waals surface area contributed by atoms with E-state index in [1.165, 1.54) is 5.56 Å². The van der Waals surface area contributed by atoms with Gasteiger partial charge in [0.2, 0.25) is 0 Å². The fourth-order valence-electron chi connectivity index (χ4n) is 2.42. The van der Waals surface area contributed by atoms with Crippen LogP contribution in [0, 0.1) is 6.92 Å². The Kier molecular flexibility index (Phi) is 6.90. The van der Waals surface area contributed by atoms with Gasteiger partial charge in [0.1, 0.15) is 18.3 Å². The van der Waals surface area contributed by atoms with Gasteiger partial charge >= 0.3 is 0 Å². The Balaban J connectivity index is 2.25. The van der Waals surface area contributed by atoms with Gasteiger partial charge in [0.15, 0.2) is 0 Å². The maximum Gasteiger partial charge on any atom is 0.146 e. The molecule has 0 fully saturated rings. The van der Waals surface area contributed by atoms with Crippen LogP contribution in [0.25, 0.3) is 0 Å². The first-order chi connectivity index (χ1) is 11.7. The predicted molar refractivity (Wildman–Crippen MR) is 94.9 cm³/mol. The molecule has 5 nitrogen and oxygen atoms in total. The van der Waals surface area contributed by atoms with Crippen LogP contribution in [0.2, 0.25) is 0 Å². The number of hydrogen-bond acceptors (Lipinski definition) is 5. The molecule has 0 aliphatic carbocycles. The zero-order chi connectivity index (χ0) is 17.4. The molecule has 24 heavy (non-hydrogen) atoms. The fraction of sp³-hybridized carbons (Fsp3) is 0.368. The standard InChI is InChI=1S/C19H25NO4/c1-14-5-7-15(8-6-14)20-18(12-24-13-21-2)17-10-9-16(22-3)11-19(17)23-4/h5-11,18,20H,12-13H2,1-4H3. The first-order valence-corrected chi connectivity index (χ1v) is 7.79. The molecule has 0 saturated carbocycles. The second-order valence-electron chi connectivity index (χ2n) is 5.45. The molecule has 0 saturated heterocycles. The highest BCUT2D eigenvalue weighted by Crippen LogP contribution is 2.31. The average Bonchev–Trinajstić information content (AvgIpc) is 2.62. The predicted octanol–water partition coefficient (Wildman–Crippen LogP) is 3.79. The summed E-state index contributed by atoms with van der Waals surface area (Å²) in [5, 5.41) is 3.49. The molecule has 1 atom stereocenters. The molecular weight excluding hydrogens is 306 g/mol. The Hall–Kier alpha value is -2.24. The first-order valence-electron chi connectivity index (χ1n) is 7.79. The van der Waals surface area contributed by atoms with Gasteiger partial charge in [-0.15, -0.1) is 0 Å². The minimum absolute atomic E-state index is 0.0799. The summed E-state index contributed by atoms with van der Waals surface area (Å²) >= 11 is 0. The Bertz CT molecular complexity index is 628. The SMILES string of the molecule is COCOCC(Nc1ccc(C)cc1)c1ccc(OC)cc1OC. The Morgan fingerprint density at radius 1 is 0.958 bits per heavy atom. The smallest absolute Gasteiger partial charge is 0.146 e. The van der Waals surface area contributed by atoms with E-state index in [4.69, 9.17) is 18.9 Å². The van der Waals surface area contributed by atoms with E-state index in [0.717, 1.165) is 22.7 Å². The monoisotopic (exact) mass is 331 g/mol. The molecule has 0 heterocycles. The largest absolute Gasteiger partial charge is 0.497 e. The molecule has 0 amide bonds. The molecule has 1 unspecified atom stereocenters. The maximum atomic E-state index is 5.58. The highest BCUT2D eigenvalue weighted by Gasteiger charge is 2.17. The van der Waals surface area contributed by atoms with Gasteiger partial charge in [-0.3, -0.25) is 0 Å². The van der Waals surface area contributed by atoms with Crippen LogP contribution in [-0.4, -0.2) is 34.7 Å². The molecular formula is C19H25NO4. The van der Waals surface area contributed by atoms with Crippen LogP contribution in [0.3, 0.4) is 0 Å². The lowest BCUT2D eigenvalue weighted by molar-refractivity contribution is -0.0338. The highest BCUT2D eigenvalue weighted by atomic mass is 16.7. The van der Waals surface area contributed by atoms with E-state index in [-0.39, 0.29) is 12.8 Å². The van der Waals surface area contributed by atoms with Gasteiger partial charge in [0, 0.05) is 24.4 Å². The summed E-state index contributed by atoms with van der Waals surface area (Å²) in [7, 11) is 4.89. The molecule has 5 heteroatoms. The van der Waals surface area contributed by atoms with Crippen molar-refractivity contribution in [1.29, 1.82) is 0 Å². The van der Waals surface area contributed by atoms with Crippen molar-refractivity contribution >= 4 is 5.69 Å². The molecule has 0 radical (unpaired) electrons. The Morgan fingerprint density at radius 2 is 1.71 bits per heavy atom. The van der Waals surface area contributed by atoms with Crippen molar-refractivity contribution in [3.8, 4) is 11.5 Å². The van der Waals surface area contributed by atoms with Gasteiger partial charge in [0.05, 0.1) is 26.9 Å². The van der Waals surface area contributed by atoms with Crippen molar-refractivity contribution in [3.63, 3.8) is 0 Å². The summed E-state index contributed by atoms with van der Waals surface area (Å²) in [5.74, 6) is 1.50. The third-order valence-electron chi connectivity index (χ3n) is 3.69. The lowest BCUT2D eigenvalue weighted by Gasteiger charge is -2.23. The maximum absolute atomic E-state index is 5.58. The van der Waals surface area contributed by atoms with Gasteiger partial charge in [-0.25, -0.2) is 0 Å². The van der Waals surface area contributed by atoms with Gasteiger partial charge < -0.3 is 24.3 Å². The van der Waals surface area contributed by atoms with Crippen LogP contribution in [0.15, 0.2) is 42.5 Å². The second kappa shape index (κ2) is 9.15. The van der Waals surface area contributed by atoms with E-state index in [1.807, 2.05) is 18.2 Å². The number of aryl methyl sites for hydroxylation is 1. The number of rotatable bonds is 9. The first kappa shape index (κ1) is 18.1. The molecule has 0 aliphatic rings. The molecule has 0 aliphatic heterocycles. The van der Waals surface area contributed by atoms with Gasteiger partial charge in [-0.1, -0.05) is 17.7 Å². The zero-order valence-corrected chi connectivity index (χ0v) is 14.7. The minimum Gasteiger partial charge on any atom is -0.497 e. The number of nitrogens with one attached hydrogen (secondary N) is 1. The van der Waals surface area contributed by atoms with Gasteiger partial charge in [0.25, 0.3) is 0 Å². The summed E-state index contributed by atoms with van der Waals surface area (Å²) in [5.41, 5.74) is 3.23. The second-order valence-corrected chi connectivity index (χ2v) is 5.45. The van der Waals surface area contributed by atoms with Crippen molar-refractivity contribution in [3.05, 3.63) is 53.6 Å². The molecule has 0 spiro atoms. The van der Waals surface area contributed by atoms with Crippen molar-refractivity contribution in [1.82, 2.24) is 0 Å². The van der Waals surface area contributed by atoms with Crippen LogP contribution in [0.5, 0.6) is 11.5 Å². The van der Waals surface area contributed by atoms with E-state index < -0.39 is 0 Å². The quantitative estimate of drug-likeness (QED) is 0.560. The van der Waals surface area contributed by atoms with Crippen LogP contribution in [-0.2, 0) is 9.47 Å². The number of methoxy groups -OCH3 is 3. The van der Waals surface area contributed by atoms with Crippen molar-refractivity contribution in [2.45, 2.75) is 13.0 Å². The summed E-state index contributed by atoms with van der Waals surface area (Å²) in [6.45, 7) is 2.75. The third-order valence-corrected chi connectivity index (χ3v) is 3.69. The lowest BCUT2D eigenvalue weighted by atomic mass is 10.1. The zero-order valence-electron chi connectivity index (χ0n) is 14.7.